The molecule has 3 rings (SSSR count). The maximum Gasteiger partial charge on any atom is 0.220 e. The predicted molar refractivity (Wildman–Crippen MR) is 125 cm³/mol. The van der Waals surface area contributed by atoms with Crippen molar-refractivity contribution in [3.8, 4) is 17.2 Å². The molecule has 170 valence electrons. The van der Waals surface area contributed by atoms with Crippen molar-refractivity contribution in [1.82, 2.24) is 14.8 Å². The number of hydrogen-bond acceptors (Lipinski definition) is 7. The molecule has 1 atom stereocenters. The molecule has 0 radical (unpaired) electrons. The average molecular weight is 457 g/mol. The molecule has 8 nitrogen and oxygen atoms in total. The lowest BCUT2D eigenvalue weighted by Crippen LogP contribution is -2.12. The van der Waals surface area contributed by atoms with Crippen LogP contribution in [0.5, 0.6) is 11.5 Å². The van der Waals surface area contributed by atoms with Gasteiger partial charge in [0.05, 0.1) is 13.2 Å². The van der Waals surface area contributed by atoms with Crippen molar-refractivity contribution in [3.63, 3.8) is 0 Å². The molecule has 0 fully saturated rings. The first-order valence-electron chi connectivity index (χ1n) is 10.5. The number of nitro groups is 1. The van der Waals surface area contributed by atoms with Gasteiger partial charge < -0.3 is 9.47 Å². The van der Waals surface area contributed by atoms with E-state index in [1.165, 1.54) is 17.3 Å². The minimum atomic E-state index is -0.478. The average Bonchev–Trinajstić information content (AvgIpc) is 3.11. The summed E-state index contributed by atoms with van der Waals surface area (Å²) < 4.78 is 13.3. The lowest BCUT2D eigenvalue weighted by Gasteiger charge is -2.17. The number of aryl methyl sites for hydroxylation is 3. The van der Waals surface area contributed by atoms with Gasteiger partial charge in [0.2, 0.25) is 6.54 Å². The van der Waals surface area contributed by atoms with Gasteiger partial charge in [0.25, 0.3) is 0 Å². The van der Waals surface area contributed by atoms with Crippen LogP contribution in [0.2, 0.25) is 0 Å². The van der Waals surface area contributed by atoms with Gasteiger partial charge in [-0.05, 0) is 75.6 Å². The molecule has 1 aromatic heterocycles. The fourth-order valence-corrected chi connectivity index (χ4v) is 4.49. The van der Waals surface area contributed by atoms with Gasteiger partial charge >= 0.3 is 0 Å². The van der Waals surface area contributed by atoms with Crippen molar-refractivity contribution >= 4 is 11.8 Å². The molecule has 0 spiro atoms. The van der Waals surface area contributed by atoms with Gasteiger partial charge in [-0.3, -0.25) is 14.7 Å². The summed E-state index contributed by atoms with van der Waals surface area (Å²) in [5.41, 5.74) is 4.05. The van der Waals surface area contributed by atoms with Crippen LogP contribution in [-0.2, 0) is 0 Å². The number of benzene rings is 2. The maximum atomic E-state index is 11.5. The molecule has 0 saturated carbocycles. The van der Waals surface area contributed by atoms with Crippen LogP contribution in [0.15, 0.2) is 41.6 Å². The molecule has 0 aliphatic rings. The van der Waals surface area contributed by atoms with Crippen LogP contribution in [-0.4, -0.2) is 39.4 Å². The van der Waals surface area contributed by atoms with E-state index in [1.807, 2.05) is 49.6 Å². The number of hydrogen-bond donors (Lipinski definition) is 0. The molecule has 1 heterocycles. The van der Waals surface area contributed by atoms with Gasteiger partial charge in [-0.25, -0.2) is 0 Å². The molecular formula is C23H28N4O4S. The van der Waals surface area contributed by atoms with Crippen LogP contribution < -0.4 is 9.47 Å². The lowest BCUT2D eigenvalue weighted by molar-refractivity contribution is -0.479. The predicted octanol–water partition coefficient (Wildman–Crippen LogP) is 5.10. The maximum absolute atomic E-state index is 11.5. The van der Waals surface area contributed by atoms with E-state index in [9.17, 15) is 10.1 Å². The quantitative estimate of drug-likeness (QED) is 0.238. The van der Waals surface area contributed by atoms with Crippen LogP contribution in [0.4, 0.5) is 0 Å². The Morgan fingerprint density at radius 1 is 1.00 bits per heavy atom. The third kappa shape index (κ3) is 5.40. The Balaban J connectivity index is 2.00. The van der Waals surface area contributed by atoms with Gasteiger partial charge in [-0.1, -0.05) is 23.9 Å². The van der Waals surface area contributed by atoms with Crippen molar-refractivity contribution in [2.75, 3.05) is 19.8 Å². The highest BCUT2D eigenvalue weighted by atomic mass is 32.2. The second kappa shape index (κ2) is 10.5. The molecular weight excluding hydrogens is 428 g/mol. The summed E-state index contributed by atoms with van der Waals surface area (Å²) in [5, 5.41) is 20.2. The van der Waals surface area contributed by atoms with Gasteiger partial charge in [0.1, 0.15) is 11.1 Å². The zero-order valence-corrected chi connectivity index (χ0v) is 19.8. The Labute approximate surface area is 192 Å². The Hall–Kier alpha value is -3.07. The number of aromatic nitrogens is 3. The summed E-state index contributed by atoms with van der Waals surface area (Å²) in [6.07, 6.45) is 0. The molecule has 3 aromatic rings. The Morgan fingerprint density at radius 2 is 1.72 bits per heavy atom. The lowest BCUT2D eigenvalue weighted by atomic mass is 10.1. The van der Waals surface area contributed by atoms with E-state index < -0.39 is 5.25 Å². The first-order chi connectivity index (χ1) is 15.3. The van der Waals surface area contributed by atoms with E-state index in [0.717, 1.165) is 22.6 Å². The molecule has 2 aromatic carbocycles. The normalized spacial score (nSPS) is 11.9. The largest absolute Gasteiger partial charge is 0.490 e. The van der Waals surface area contributed by atoms with E-state index >= 15 is 0 Å². The number of rotatable bonds is 10. The van der Waals surface area contributed by atoms with Gasteiger partial charge in [-0.2, -0.15) is 0 Å². The SMILES string of the molecule is CCOc1ccc([C@@H](C[N+](=O)[O-])Sc2nnc(C)n2-c2ccc(C)c(C)c2)cc1OCC. The molecule has 0 unspecified atom stereocenters. The monoisotopic (exact) mass is 456 g/mol. The van der Waals surface area contributed by atoms with E-state index in [-0.39, 0.29) is 11.5 Å². The fraction of sp³-hybridized carbons (Fsp3) is 0.391. The van der Waals surface area contributed by atoms with Crippen LogP contribution in [0.25, 0.3) is 5.69 Å². The minimum Gasteiger partial charge on any atom is -0.490 e. The minimum absolute atomic E-state index is 0.261. The molecule has 0 aliphatic carbocycles. The summed E-state index contributed by atoms with van der Waals surface area (Å²) in [6, 6.07) is 11.6. The molecule has 0 N–H and O–H groups in total. The van der Waals surface area contributed by atoms with Crippen molar-refractivity contribution in [2.45, 2.75) is 45.0 Å². The highest BCUT2D eigenvalue weighted by Crippen LogP contribution is 2.39. The zero-order chi connectivity index (χ0) is 23.3. The summed E-state index contributed by atoms with van der Waals surface area (Å²) in [4.78, 5) is 11.2. The van der Waals surface area contributed by atoms with Crippen molar-refractivity contribution < 1.29 is 14.4 Å². The van der Waals surface area contributed by atoms with Crippen molar-refractivity contribution in [3.05, 3.63) is 69.0 Å². The van der Waals surface area contributed by atoms with Gasteiger partial charge in [-0.15, -0.1) is 10.2 Å². The van der Waals surface area contributed by atoms with Crippen LogP contribution >= 0.6 is 11.8 Å². The number of nitrogens with zero attached hydrogens (tertiary/aromatic N) is 4. The number of thioether (sulfide) groups is 1. The fourth-order valence-electron chi connectivity index (χ4n) is 3.32. The third-order valence-electron chi connectivity index (χ3n) is 5.05. The summed E-state index contributed by atoms with van der Waals surface area (Å²) in [7, 11) is 0. The van der Waals surface area contributed by atoms with Crippen LogP contribution in [0.3, 0.4) is 0 Å². The smallest absolute Gasteiger partial charge is 0.220 e. The van der Waals surface area contributed by atoms with Crippen LogP contribution in [0.1, 0.15) is 41.6 Å². The van der Waals surface area contributed by atoms with Gasteiger partial charge in [0.15, 0.2) is 16.7 Å². The molecule has 0 aliphatic heterocycles. The second-order valence-corrected chi connectivity index (χ2v) is 8.50. The Morgan fingerprint density at radius 3 is 2.38 bits per heavy atom. The molecule has 9 heteroatoms. The van der Waals surface area contributed by atoms with E-state index in [0.29, 0.717) is 29.9 Å². The molecule has 32 heavy (non-hydrogen) atoms. The van der Waals surface area contributed by atoms with E-state index in [4.69, 9.17) is 9.47 Å². The Bertz CT molecular complexity index is 1100. The summed E-state index contributed by atoms with van der Waals surface area (Å²) >= 11 is 1.32. The third-order valence-corrected chi connectivity index (χ3v) is 6.23. The van der Waals surface area contributed by atoms with Crippen molar-refractivity contribution in [1.29, 1.82) is 0 Å². The van der Waals surface area contributed by atoms with Gasteiger partial charge in [0, 0.05) is 10.6 Å². The zero-order valence-electron chi connectivity index (χ0n) is 19.0. The molecule has 0 amide bonds. The molecule has 0 saturated heterocycles. The van der Waals surface area contributed by atoms with E-state index in [2.05, 4.69) is 30.1 Å². The highest BCUT2D eigenvalue weighted by molar-refractivity contribution is 7.99. The second-order valence-electron chi connectivity index (χ2n) is 7.33. The first-order valence-corrected chi connectivity index (χ1v) is 11.4. The highest BCUT2D eigenvalue weighted by Gasteiger charge is 2.25. The van der Waals surface area contributed by atoms with Crippen molar-refractivity contribution in [2.24, 2.45) is 0 Å². The van der Waals surface area contributed by atoms with E-state index in [1.54, 1.807) is 6.07 Å². The Kier molecular flexibility index (Phi) is 7.74. The number of ether oxygens (including phenoxy) is 2. The standard InChI is InChI=1S/C23H28N4O4S/c1-6-30-20-11-9-18(13-21(20)31-7-2)22(14-26(28)29)32-23-25-24-17(5)27(23)19-10-8-15(3)16(4)12-19/h8-13,22H,6-7,14H2,1-5H3/t22-/m1/s1. The topological polar surface area (TPSA) is 92.3 Å². The van der Waals surface area contributed by atoms with Crippen LogP contribution in [0, 0.1) is 30.9 Å². The molecule has 0 bridgehead atoms. The summed E-state index contributed by atoms with van der Waals surface area (Å²) in [5.74, 6) is 1.92. The summed E-state index contributed by atoms with van der Waals surface area (Å²) in [6.45, 7) is 10.5. The first kappa shape index (κ1) is 23.6.